The number of para-hydroxylation sites is 1. The van der Waals surface area contributed by atoms with Crippen molar-refractivity contribution in [3.8, 4) is 11.8 Å². The second-order valence-electron chi connectivity index (χ2n) is 10.8. The molecule has 5 nitrogen and oxygen atoms in total. The van der Waals surface area contributed by atoms with Crippen LogP contribution in [0, 0.1) is 11.8 Å². The van der Waals surface area contributed by atoms with Crippen molar-refractivity contribution in [3.63, 3.8) is 0 Å². The monoisotopic (exact) mass is 522 g/mol. The summed E-state index contributed by atoms with van der Waals surface area (Å²) in [6, 6.07) is 12.9. The molecule has 4 rings (SSSR count). The molecule has 0 amide bonds. The molecule has 2 aromatic carbocycles. The summed E-state index contributed by atoms with van der Waals surface area (Å²) < 4.78 is 7.11. The van der Waals surface area contributed by atoms with Gasteiger partial charge in [0, 0.05) is 54.0 Å². The predicted octanol–water partition coefficient (Wildman–Crippen LogP) is 6.46. The molecule has 0 unspecified atom stereocenters. The van der Waals surface area contributed by atoms with Crippen molar-refractivity contribution in [2.75, 3.05) is 37.5 Å². The van der Waals surface area contributed by atoms with Gasteiger partial charge in [-0.2, -0.15) is 4.58 Å². The lowest BCUT2D eigenvalue weighted by Gasteiger charge is -2.25. The van der Waals surface area contributed by atoms with E-state index in [-0.39, 0.29) is 10.8 Å². The number of ether oxygens (including phenoxy) is 1. The first-order chi connectivity index (χ1) is 18.6. The molecule has 0 aromatic heterocycles. The molecule has 2 heterocycles. The zero-order valence-corrected chi connectivity index (χ0v) is 24.5. The van der Waals surface area contributed by atoms with Gasteiger partial charge in [-0.15, -0.1) is 0 Å². The van der Waals surface area contributed by atoms with Gasteiger partial charge in [0.05, 0.1) is 23.8 Å². The van der Waals surface area contributed by atoms with Gasteiger partial charge in [-0.25, -0.2) is 4.79 Å². The molecule has 0 spiro atoms. The van der Waals surface area contributed by atoms with Crippen LogP contribution in [0.25, 0.3) is 0 Å². The number of rotatable bonds is 6. The molecule has 0 aliphatic carbocycles. The quantitative estimate of drug-likeness (QED) is 0.205. The van der Waals surface area contributed by atoms with E-state index >= 15 is 0 Å². The van der Waals surface area contributed by atoms with Gasteiger partial charge in [-0.1, -0.05) is 56.2 Å². The van der Waals surface area contributed by atoms with E-state index in [0.29, 0.717) is 0 Å². The number of hydrogen-bond donors (Lipinski definition) is 1. The maximum Gasteiger partial charge on any atom is 0.384 e. The summed E-state index contributed by atoms with van der Waals surface area (Å²) in [4.78, 5) is 14.0. The number of methoxy groups -OCH3 is 1. The van der Waals surface area contributed by atoms with Crippen molar-refractivity contribution >= 4 is 28.7 Å². The maximum atomic E-state index is 11.6. The second kappa shape index (κ2) is 11.0. The smallest absolute Gasteiger partial charge is 0.384 e. The summed E-state index contributed by atoms with van der Waals surface area (Å²) in [6.07, 6.45) is 10.9. The van der Waals surface area contributed by atoms with E-state index in [1.54, 1.807) is 0 Å². The predicted molar refractivity (Wildman–Crippen MR) is 162 cm³/mol. The van der Waals surface area contributed by atoms with E-state index in [4.69, 9.17) is 4.74 Å². The summed E-state index contributed by atoms with van der Waals surface area (Å²) in [5, 5.41) is 3.24. The molecule has 2 aliphatic rings. The Morgan fingerprint density at radius 3 is 2.46 bits per heavy atom. The summed E-state index contributed by atoms with van der Waals surface area (Å²) in [5.41, 5.74) is 8.99. The van der Waals surface area contributed by atoms with Crippen LogP contribution in [-0.4, -0.2) is 43.5 Å². The van der Waals surface area contributed by atoms with Crippen molar-refractivity contribution in [3.05, 3.63) is 89.2 Å². The molecular formula is C34H40N3O2+. The van der Waals surface area contributed by atoms with Crippen LogP contribution in [0.3, 0.4) is 0 Å². The normalized spacial score (nSPS) is 17.9. The molecule has 0 bridgehead atoms. The summed E-state index contributed by atoms with van der Waals surface area (Å²) in [6.45, 7) is 15.2. The number of nitrogens with one attached hydrogen (secondary N) is 1. The van der Waals surface area contributed by atoms with E-state index < -0.39 is 5.97 Å². The number of benzene rings is 2. The lowest BCUT2D eigenvalue weighted by molar-refractivity contribution is -0.433. The van der Waals surface area contributed by atoms with Gasteiger partial charge in [0.15, 0.2) is 5.71 Å². The van der Waals surface area contributed by atoms with Crippen LogP contribution in [0.2, 0.25) is 0 Å². The van der Waals surface area contributed by atoms with Crippen LogP contribution in [-0.2, 0) is 20.4 Å². The molecule has 2 aliphatic heterocycles. The molecule has 0 saturated heterocycles. The topological polar surface area (TPSA) is 44.6 Å². The van der Waals surface area contributed by atoms with Gasteiger partial charge in [-0.05, 0) is 51.5 Å². The number of fused-ring (bicyclic) bond motifs is 2. The van der Waals surface area contributed by atoms with Crippen molar-refractivity contribution in [2.24, 2.45) is 0 Å². The minimum atomic E-state index is -0.547. The number of carbonyl (C=O) groups excluding carboxylic acids is 1. The van der Waals surface area contributed by atoms with E-state index in [9.17, 15) is 4.79 Å². The largest absolute Gasteiger partial charge is 0.459 e. The number of esters is 1. The molecule has 5 heteroatoms. The number of carbonyl (C=O) groups is 1. The van der Waals surface area contributed by atoms with Crippen LogP contribution in [0.1, 0.15) is 58.2 Å². The Labute approximate surface area is 233 Å². The fourth-order valence-electron chi connectivity index (χ4n) is 5.88. The van der Waals surface area contributed by atoms with Crippen molar-refractivity contribution in [1.82, 2.24) is 0 Å². The third-order valence-electron chi connectivity index (χ3n) is 7.95. The minimum absolute atomic E-state index is 0.0387. The molecule has 0 atom stereocenters. The van der Waals surface area contributed by atoms with Crippen LogP contribution >= 0.6 is 0 Å². The SMILES string of the molecule is CCN1C(=CC=CC=CC2=[N+](CC)c3ccccc3C2(C)C)C(C)(C)c2cc(NC)c(C#CC(=O)OC)cc21. The molecule has 0 fully saturated rings. The van der Waals surface area contributed by atoms with Crippen LogP contribution in [0.15, 0.2) is 72.5 Å². The van der Waals surface area contributed by atoms with Gasteiger partial charge >= 0.3 is 5.97 Å². The lowest BCUT2D eigenvalue weighted by Crippen LogP contribution is -2.27. The maximum absolute atomic E-state index is 11.6. The number of likely N-dealkylation sites (N-methyl/N-ethyl adjacent to an activating group) is 1. The average molecular weight is 523 g/mol. The lowest BCUT2D eigenvalue weighted by atomic mass is 9.81. The highest BCUT2D eigenvalue weighted by molar-refractivity contribution is 6.03. The summed E-state index contributed by atoms with van der Waals surface area (Å²) >= 11 is 0. The fraction of sp³-hybridized carbons (Fsp3) is 0.353. The first kappa shape index (κ1) is 28.0. The average Bonchev–Trinajstić information content (AvgIpc) is 3.28. The van der Waals surface area contributed by atoms with Gasteiger partial charge in [0.25, 0.3) is 0 Å². The first-order valence-electron chi connectivity index (χ1n) is 13.7. The number of allylic oxidation sites excluding steroid dienone is 6. The van der Waals surface area contributed by atoms with Crippen molar-refractivity contribution in [2.45, 2.75) is 52.4 Å². The molecule has 0 radical (unpaired) electrons. The summed E-state index contributed by atoms with van der Waals surface area (Å²) in [7, 11) is 3.21. The van der Waals surface area contributed by atoms with E-state index in [2.05, 4.69) is 135 Å². The minimum Gasteiger partial charge on any atom is -0.459 e. The Balaban J connectivity index is 1.65. The third-order valence-corrected chi connectivity index (χ3v) is 7.95. The Hall–Kier alpha value is -4.04. The van der Waals surface area contributed by atoms with Gasteiger partial charge in [0.1, 0.15) is 6.54 Å². The highest BCUT2D eigenvalue weighted by atomic mass is 16.5. The number of hydrogen-bond acceptors (Lipinski definition) is 4. The molecule has 202 valence electrons. The zero-order valence-electron chi connectivity index (χ0n) is 24.5. The standard InChI is InChI=1S/C34H39N3O2/c1-9-36-28-17-15-14-16-25(28)33(3,4)30(36)18-12-11-13-19-31-34(5,6)26-23-27(35-7)24(20-21-32(38)39-8)22-29(26)37(31)10-2/h11-19,22-23H,9-10H2,1-8H3/p+1. The highest BCUT2D eigenvalue weighted by Gasteiger charge is 2.43. The molecule has 1 N–H and O–H groups in total. The van der Waals surface area contributed by atoms with Crippen LogP contribution < -0.4 is 10.2 Å². The Morgan fingerprint density at radius 1 is 1.05 bits per heavy atom. The Morgan fingerprint density at radius 2 is 1.79 bits per heavy atom. The van der Waals surface area contributed by atoms with E-state index in [1.165, 1.54) is 35.3 Å². The van der Waals surface area contributed by atoms with Crippen LogP contribution in [0.4, 0.5) is 17.1 Å². The molecule has 39 heavy (non-hydrogen) atoms. The number of nitrogens with zero attached hydrogens (tertiary/aromatic N) is 2. The van der Waals surface area contributed by atoms with Gasteiger partial charge < -0.3 is 15.0 Å². The zero-order chi connectivity index (χ0) is 28.4. The summed E-state index contributed by atoms with van der Waals surface area (Å²) in [5.74, 6) is 4.99. The fourth-order valence-corrected chi connectivity index (χ4v) is 5.88. The first-order valence-corrected chi connectivity index (χ1v) is 13.7. The third kappa shape index (κ3) is 4.92. The molecular weight excluding hydrogens is 482 g/mol. The second-order valence-corrected chi connectivity index (χ2v) is 10.8. The van der Waals surface area contributed by atoms with Crippen molar-refractivity contribution in [1.29, 1.82) is 0 Å². The van der Waals surface area contributed by atoms with Gasteiger partial charge in [0.2, 0.25) is 5.69 Å². The highest BCUT2D eigenvalue weighted by Crippen LogP contribution is 2.49. The van der Waals surface area contributed by atoms with Crippen LogP contribution in [0.5, 0.6) is 0 Å². The molecule has 2 aromatic rings. The Bertz CT molecular complexity index is 1480. The van der Waals surface area contributed by atoms with Crippen molar-refractivity contribution < 1.29 is 14.1 Å². The number of anilines is 2. The Kier molecular flexibility index (Phi) is 7.88. The van der Waals surface area contributed by atoms with E-state index in [0.717, 1.165) is 30.0 Å². The van der Waals surface area contributed by atoms with E-state index in [1.807, 2.05) is 7.05 Å². The van der Waals surface area contributed by atoms with Gasteiger partial charge in [-0.3, -0.25) is 0 Å². The molecule has 0 saturated carbocycles.